The summed E-state index contributed by atoms with van der Waals surface area (Å²) < 4.78 is 0. The molecule has 0 fully saturated rings. The van der Waals surface area contributed by atoms with E-state index in [0.717, 1.165) is 0 Å². The third-order valence-electron chi connectivity index (χ3n) is 4.29. The zero-order valence-corrected chi connectivity index (χ0v) is 12.7. The van der Waals surface area contributed by atoms with E-state index in [2.05, 4.69) is 38.1 Å². The van der Waals surface area contributed by atoms with Gasteiger partial charge in [0.05, 0.1) is 0 Å². The summed E-state index contributed by atoms with van der Waals surface area (Å²) in [6.45, 7) is 4.58. The van der Waals surface area contributed by atoms with E-state index in [1.54, 1.807) is 22.3 Å². The molecule has 0 heterocycles. The summed E-state index contributed by atoms with van der Waals surface area (Å²) in [5.41, 5.74) is 6.56. The van der Waals surface area contributed by atoms with Crippen LogP contribution < -0.4 is 0 Å². The normalized spacial score (nSPS) is 14.0. The van der Waals surface area contributed by atoms with Crippen molar-refractivity contribution in [2.75, 3.05) is 0 Å². The Morgan fingerprint density at radius 1 is 0.842 bits per heavy atom. The molecule has 0 spiro atoms. The summed E-state index contributed by atoms with van der Waals surface area (Å²) in [5, 5.41) is 0. The minimum absolute atomic E-state index is 1.22. The average Bonchev–Trinajstić information content (AvgIpc) is 2.79. The van der Waals surface area contributed by atoms with Gasteiger partial charge in [0, 0.05) is 0 Å². The van der Waals surface area contributed by atoms with Gasteiger partial charge in [0.2, 0.25) is 0 Å². The van der Waals surface area contributed by atoms with Crippen molar-refractivity contribution < 1.29 is 0 Å². The molecule has 1 aliphatic carbocycles. The number of fused-ring (bicyclic) bond motifs is 1. The molecule has 0 N–H and O–H groups in total. The molecule has 1 aromatic rings. The van der Waals surface area contributed by atoms with Gasteiger partial charge < -0.3 is 0 Å². The Hall–Kier alpha value is -1.04. The highest BCUT2D eigenvalue weighted by molar-refractivity contribution is 5.76. The fourth-order valence-electron chi connectivity index (χ4n) is 3.17. The standard InChI is InChI=1S/C19H28/c1-3-5-7-8-13-18-16(11-6-4-2)15-17-12-9-10-14-19(17)18/h9-10,12,14H,3-8,11,13,15H2,1-2H3. The molecule has 0 amide bonds. The van der Waals surface area contributed by atoms with Crippen molar-refractivity contribution in [1.29, 1.82) is 0 Å². The molecule has 0 bridgehead atoms. The minimum Gasteiger partial charge on any atom is -0.0654 e. The van der Waals surface area contributed by atoms with Gasteiger partial charge in [-0.15, -0.1) is 0 Å². The van der Waals surface area contributed by atoms with E-state index in [4.69, 9.17) is 0 Å². The van der Waals surface area contributed by atoms with E-state index in [1.807, 2.05) is 0 Å². The highest BCUT2D eigenvalue weighted by Gasteiger charge is 2.19. The molecule has 1 aromatic carbocycles. The van der Waals surface area contributed by atoms with Crippen molar-refractivity contribution in [1.82, 2.24) is 0 Å². The first-order valence-corrected chi connectivity index (χ1v) is 8.16. The van der Waals surface area contributed by atoms with Crippen LogP contribution in [0.25, 0.3) is 5.57 Å². The second-order valence-electron chi connectivity index (χ2n) is 5.83. The van der Waals surface area contributed by atoms with Gasteiger partial charge in [0.25, 0.3) is 0 Å². The fourth-order valence-corrected chi connectivity index (χ4v) is 3.17. The Bertz CT molecular complexity index is 425. The van der Waals surface area contributed by atoms with Crippen LogP contribution in [0.3, 0.4) is 0 Å². The van der Waals surface area contributed by atoms with Crippen LogP contribution in [0.5, 0.6) is 0 Å². The first-order valence-electron chi connectivity index (χ1n) is 8.16. The van der Waals surface area contributed by atoms with Crippen molar-refractivity contribution >= 4 is 5.57 Å². The van der Waals surface area contributed by atoms with Crippen molar-refractivity contribution in [2.24, 2.45) is 0 Å². The van der Waals surface area contributed by atoms with Gasteiger partial charge in [-0.3, -0.25) is 0 Å². The lowest BCUT2D eigenvalue weighted by Gasteiger charge is -2.08. The molecule has 0 unspecified atom stereocenters. The molecule has 0 atom stereocenters. The second-order valence-corrected chi connectivity index (χ2v) is 5.83. The van der Waals surface area contributed by atoms with Gasteiger partial charge in [-0.2, -0.15) is 0 Å². The van der Waals surface area contributed by atoms with Crippen LogP contribution in [0.2, 0.25) is 0 Å². The molecule has 0 saturated heterocycles. The van der Waals surface area contributed by atoms with Crippen molar-refractivity contribution in [3.05, 3.63) is 41.0 Å². The Labute approximate surface area is 118 Å². The Morgan fingerprint density at radius 3 is 2.42 bits per heavy atom. The lowest BCUT2D eigenvalue weighted by atomic mass is 9.97. The number of unbranched alkanes of at least 4 members (excludes halogenated alkanes) is 4. The monoisotopic (exact) mass is 256 g/mol. The summed E-state index contributed by atoms with van der Waals surface area (Å²) in [5.74, 6) is 0. The van der Waals surface area contributed by atoms with Crippen LogP contribution in [0.15, 0.2) is 29.8 Å². The largest absolute Gasteiger partial charge is 0.0654 e. The molecule has 0 aromatic heterocycles. The van der Waals surface area contributed by atoms with Crippen molar-refractivity contribution in [2.45, 2.75) is 71.6 Å². The van der Waals surface area contributed by atoms with Gasteiger partial charge in [-0.05, 0) is 48.8 Å². The summed E-state index contributed by atoms with van der Waals surface area (Å²) in [7, 11) is 0. The van der Waals surface area contributed by atoms with Gasteiger partial charge in [-0.25, -0.2) is 0 Å². The molecule has 0 radical (unpaired) electrons. The second kappa shape index (κ2) is 7.53. The van der Waals surface area contributed by atoms with E-state index in [1.165, 1.54) is 57.8 Å². The van der Waals surface area contributed by atoms with E-state index < -0.39 is 0 Å². The lowest BCUT2D eigenvalue weighted by molar-refractivity contribution is 0.676. The summed E-state index contributed by atoms with van der Waals surface area (Å²) in [6, 6.07) is 9.05. The zero-order chi connectivity index (χ0) is 13.5. The molecule has 0 aliphatic heterocycles. The molecule has 2 rings (SSSR count). The first-order chi connectivity index (χ1) is 9.36. The molecule has 0 saturated carbocycles. The Balaban J connectivity index is 2.06. The Kier molecular flexibility index (Phi) is 5.69. The van der Waals surface area contributed by atoms with Gasteiger partial charge in [0.1, 0.15) is 0 Å². The zero-order valence-electron chi connectivity index (χ0n) is 12.7. The first kappa shape index (κ1) is 14.4. The summed E-state index contributed by atoms with van der Waals surface area (Å²) >= 11 is 0. The highest BCUT2D eigenvalue weighted by atomic mass is 14.2. The number of hydrogen-bond acceptors (Lipinski definition) is 0. The van der Waals surface area contributed by atoms with Crippen LogP contribution >= 0.6 is 0 Å². The smallest absolute Gasteiger partial charge is 0.00550 e. The maximum absolute atomic E-state index is 2.34. The van der Waals surface area contributed by atoms with Crippen LogP contribution in [-0.2, 0) is 6.42 Å². The van der Waals surface area contributed by atoms with Crippen LogP contribution in [0.1, 0.15) is 76.3 Å². The molecule has 19 heavy (non-hydrogen) atoms. The van der Waals surface area contributed by atoms with Crippen LogP contribution in [0, 0.1) is 0 Å². The third kappa shape index (κ3) is 3.72. The molecular weight excluding hydrogens is 228 g/mol. The number of allylic oxidation sites excluding steroid dienone is 2. The molecule has 104 valence electrons. The molecule has 1 aliphatic rings. The number of hydrogen-bond donors (Lipinski definition) is 0. The van der Waals surface area contributed by atoms with Gasteiger partial charge >= 0.3 is 0 Å². The predicted molar refractivity (Wildman–Crippen MR) is 85.4 cm³/mol. The predicted octanol–water partition coefficient (Wildman–Crippen LogP) is 6.16. The molecule has 0 heteroatoms. The van der Waals surface area contributed by atoms with Crippen LogP contribution in [-0.4, -0.2) is 0 Å². The van der Waals surface area contributed by atoms with E-state index >= 15 is 0 Å². The highest BCUT2D eigenvalue weighted by Crippen LogP contribution is 2.38. The fraction of sp³-hybridized carbons (Fsp3) is 0.579. The minimum atomic E-state index is 1.22. The molecule has 0 nitrogen and oxygen atoms in total. The topological polar surface area (TPSA) is 0 Å². The van der Waals surface area contributed by atoms with Crippen molar-refractivity contribution in [3.8, 4) is 0 Å². The van der Waals surface area contributed by atoms with Gasteiger partial charge in [-0.1, -0.05) is 69.4 Å². The maximum atomic E-state index is 2.34. The SMILES string of the molecule is CCCCCCC1=C(CCCC)Cc2ccccc21. The summed E-state index contributed by atoms with van der Waals surface area (Å²) in [6.07, 6.45) is 12.0. The summed E-state index contributed by atoms with van der Waals surface area (Å²) in [4.78, 5) is 0. The third-order valence-corrected chi connectivity index (χ3v) is 4.29. The van der Waals surface area contributed by atoms with E-state index in [9.17, 15) is 0 Å². The number of rotatable bonds is 8. The number of benzene rings is 1. The van der Waals surface area contributed by atoms with Crippen molar-refractivity contribution in [3.63, 3.8) is 0 Å². The Morgan fingerprint density at radius 2 is 1.63 bits per heavy atom. The quantitative estimate of drug-likeness (QED) is 0.489. The lowest BCUT2D eigenvalue weighted by Crippen LogP contribution is -1.88. The van der Waals surface area contributed by atoms with Gasteiger partial charge in [0.15, 0.2) is 0 Å². The average molecular weight is 256 g/mol. The maximum Gasteiger partial charge on any atom is -0.00550 e. The molecular formula is C19H28. The van der Waals surface area contributed by atoms with E-state index in [-0.39, 0.29) is 0 Å². The van der Waals surface area contributed by atoms with Crippen LogP contribution in [0.4, 0.5) is 0 Å². The van der Waals surface area contributed by atoms with E-state index in [0.29, 0.717) is 0 Å².